The van der Waals surface area contributed by atoms with Gasteiger partial charge >= 0.3 is 0 Å². The highest BCUT2D eigenvalue weighted by Crippen LogP contribution is 2.28. The van der Waals surface area contributed by atoms with E-state index < -0.39 is 10.7 Å². The molecular weight excluding hydrogens is 261 g/mol. The molecule has 108 valence electrons. The van der Waals surface area contributed by atoms with Crippen LogP contribution in [0.1, 0.15) is 24.8 Å². The highest BCUT2D eigenvalue weighted by atomic mass is 19.1. The standard InChI is InChI=1S/C14H18FN3O2/c15-11-3-4-13(18(19)20)10(8-11)9-16-12-5-7-17-6-1-2-14(12)17/h3-4,8,12,14,16H,1-2,5-7,9H2. The number of benzene rings is 1. The van der Waals surface area contributed by atoms with E-state index >= 15 is 0 Å². The molecule has 0 bridgehead atoms. The second-order valence-electron chi connectivity index (χ2n) is 5.55. The molecule has 2 aliphatic rings. The van der Waals surface area contributed by atoms with Gasteiger partial charge in [-0.1, -0.05) is 0 Å². The summed E-state index contributed by atoms with van der Waals surface area (Å²) in [5.74, 6) is -0.429. The van der Waals surface area contributed by atoms with E-state index in [2.05, 4.69) is 10.2 Å². The molecule has 1 aromatic rings. The van der Waals surface area contributed by atoms with Gasteiger partial charge in [-0.25, -0.2) is 4.39 Å². The maximum absolute atomic E-state index is 13.3. The quantitative estimate of drug-likeness (QED) is 0.677. The van der Waals surface area contributed by atoms with Crippen LogP contribution in [0.15, 0.2) is 18.2 Å². The van der Waals surface area contributed by atoms with Crippen LogP contribution in [0.25, 0.3) is 0 Å². The number of hydrogen-bond donors (Lipinski definition) is 1. The Kier molecular flexibility index (Phi) is 3.67. The fraction of sp³-hybridized carbons (Fsp3) is 0.571. The van der Waals surface area contributed by atoms with Gasteiger partial charge in [0.2, 0.25) is 0 Å². The lowest BCUT2D eigenvalue weighted by Crippen LogP contribution is -2.38. The molecule has 0 saturated carbocycles. The molecule has 2 aliphatic heterocycles. The summed E-state index contributed by atoms with van der Waals surface area (Å²) in [7, 11) is 0. The monoisotopic (exact) mass is 279 g/mol. The minimum Gasteiger partial charge on any atom is -0.308 e. The number of hydrogen-bond acceptors (Lipinski definition) is 4. The lowest BCUT2D eigenvalue weighted by molar-refractivity contribution is -0.385. The summed E-state index contributed by atoms with van der Waals surface area (Å²) in [6.07, 6.45) is 3.47. The highest BCUT2D eigenvalue weighted by Gasteiger charge is 2.36. The van der Waals surface area contributed by atoms with Crippen molar-refractivity contribution in [3.8, 4) is 0 Å². The normalized spacial score (nSPS) is 25.9. The van der Waals surface area contributed by atoms with Gasteiger partial charge in [-0.2, -0.15) is 0 Å². The molecule has 6 heteroatoms. The molecule has 2 fully saturated rings. The average molecular weight is 279 g/mol. The molecule has 0 radical (unpaired) electrons. The summed E-state index contributed by atoms with van der Waals surface area (Å²) in [5.41, 5.74) is 0.409. The molecular formula is C14H18FN3O2. The minimum absolute atomic E-state index is 0.0137. The number of halogens is 1. The Labute approximate surface area is 116 Å². The molecule has 20 heavy (non-hydrogen) atoms. The zero-order valence-corrected chi connectivity index (χ0v) is 11.2. The zero-order valence-electron chi connectivity index (χ0n) is 11.2. The van der Waals surface area contributed by atoms with Crippen LogP contribution >= 0.6 is 0 Å². The second kappa shape index (κ2) is 5.46. The number of nitrogens with one attached hydrogen (secondary N) is 1. The predicted molar refractivity (Wildman–Crippen MR) is 72.9 cm³/mol. The highest BCUT2D eigenvalue weighted by molar-refractivity contribution is 5.40. The summed E-state index contributed by atoms with van der Waals surface area (Å²) >= 11 is 0. The smallest absolute Gasteiger partial charge is 0.274 e. The lowest BCUT2D eigenvalue weighted by atomic mass is 10.1. The van der Waals surface area contributed by atoms with Crippen LogP contribution in [-0.4, -0.2) is 35.0 Å². The van der Waals surface area contributed by atoms with Gasteiger partial charge in [0.1, 0.15) is 5.82 Å². The summed E-state index contributed by atoms with van der Waals surface area (Å²) in [6, 6.07) is 4.54. The Bertz CT molecular complexity index is 523. The molecule has 2 atom stereocenters. The Morgan fingerprint density at radius 1 is 1.40 bits per heavy atom. The van der Waals surface area contributed by atoms with Crippen molar-refractivity contribution < 1.29 is 9.31 Å². The van der Waals surface area contributed by atoms with Crippen LogP contribution < -0.4 is 5.32 Å². The average Bonchev–Trinajstić information content (AvgIpc) is 2.99. The summed E-state index contributed by atoms with van der Waals surface area (Å²) in [6.45, 7) is 2.60. The molecule has 1 aromatic carbocycles. The van der Waals surface area contributed by atoms with E-state index in [9.17, 15) is 14.5 Å². The zero-order chi connectivity index (χ0) is 14.1. The third-order valence-electron chi connectivity index (χ3n) is 4.40. The SMILES string of the molecule is O=[N+]([O-])c1ccc(F)cc1CNC1CCN2CCCC12. The summed E-state index contributed by atoms with van der Waals surface area (Å²) in [4.78, 5) is 13.0. The maximum atomic E-state index is 13.3. The molecule has 2 heterocycles. The van der Waals surface area contributed by atoms with Gasteiger partial charge in [-0.3, -0.25) is 15.0 Å². The van der Waals surface area contributed by atoms with Crippen molar-refractivity contribution in [3.05, 3.63) is 39.7 Å². The third kappa shape index (κ3) is 2.53. The van der Waals surface area contributed by atoms with Gasteiger partial charge in [0.15, 0.2) is 0 Å². The van der Waals surface area contributed by atoms with Crippen molar-refractivity contribution in [2.24, 2.45) is 0 Å². The van der Waals surface area contributed by atoms with Crippen LogP contribution in [0.4, 0.5) is 10.1 Å². The first-order chi connectivity index (χ1) is 9.65. The van der Waals surface area contributed by atoms with Crippen LogP contribution in [0.2, 0.25) is 0 Å². The van der Waals surface area contributed by atoms with Gasteiger partial charge < -0.3 is 5.32 Å². The van der Waals surface area contributed by atoms with Crippen molar-refractivity contribution in [3.63, 3.8) is 0 Å². The number of nitro benzene ring substituents is 1. The van der Waals surface area contributed by atoms with Crippen LogP contribution in [0.5, 0.6) is 0 Å². The van der Waals surface area contributed by atoms with E-state index in [1.165, 1.54) is 25.0 Å². The van der Waals surface area contributed by atoms with E-state index in [-0.39, 0.29) is 5.69 Å². The largest absolute Gasteiger partial charge is 0.308 e. The van der Waals surface area contributed by atoms with E-state index in [0.29, 0.717) is 24.2 Å². The first-order valence-electron chi connectivity index (χ1n) is 7.05. The van der Waals surface area contributed by atoms with E-state index in [0.717, 1.165) is 25.6 Å². The number of fused-ring (bicyclic) bond motifs is 1. The van der Waals surface area contributed by atoms with E-state index in [4.69, 9.17) is 0 Å². The topological polar surface area (TPSA) is 58.4 Å². The number of rotatable bonds is 4. The van der Waals surface area contributed by atoms with Gasteiger partial charge in [-0.15, -0.1) is 0 Å². The first kappa shape index (κ1) is 13.5. The third-order valence-corrected chi connectivity index (χ3v) is 4.40. The van der Waals surface area contributed by atoms with Crippen molar-refractivity contribution in [2.75, 3.05) is 13.1 Å². The van der Waals surface area contributed by atoms with Crippen molar-refractivity contribution in [1.29, 1.82) is 0 Å². The van der Waals surface area contributed by atoms with E-state index in [1.807, 2.05) is 0 Å². The Morgan fingerprint density at radius 2 is 2.25 bits per heavy atom. The van der Waals surface area contributed by atoms with Crippen LogP contribution in [0.3, 0.4) is 0 Å². The number of nitro groups is 1. The van der Waals surface area contributed by atoms with Crippen molar-refractivity contribution in [1.82, 2.24) is 10.2 Å². The van der Waals surface area contributed by atoms with Crippen LogP contribution in [0, 0.1) is 15.9 Å². The Morgan fingerprint density at radius 3 is 3.05 bits per heavy atom. The Hall–Kier alpha value is -1.53. The molecule has 0 spiro atoms. The first-order valence-corrected chi connectivity index (χ1v) is 7.05. The molecule has 2 saturated heterocycles. The summed E-state index contributed by atoms with van der Waals surface area (Å²) < 4.78 is 13.3. The molecule has 3 rings (SSSR count). The predicted octanol–water partition coefficient (Wildman–Crippen LogP) is 2.06. The maximum Gasteiger partial charge on any atom is 0.274 e. The number of nitrogens with zero attached hydrogens (tertiary/aromatic N) is 2. The lowest BCUT2D eigenvalue weighted by Gasteiger charge is -2.21. The van der Waals surface area contributed by atoms with Crippen molar-refractivity contribution in [2.45, 2.75) is 37.9 Å². The molecule has 0 aromatic heterocycles. The van der Waals surface area contributed by atoms with Gasteiger partial charge in [0.05, 0.1) is 4.92 Å². The minimum atomic E-state index is -0.451. The molecule has 1 N–H and O–H groups in total. The fourth-order valence-corrected chi connectivity index (χ4v) is 3.44. The van der Waals surface area contributed by atoms with Gasteiger partial charge in [-0.05, 0) is 37.9 Å². The van der Waals surface area contributed by atoms with Crippen LogP contribution in [-0.2, 0) is 6.54 Å². The molecule has 5 nitrogen and oxygen atoms in total. The fourth-order valence-electron chi connectivity index (χ4n) is 3.44. The van der Waals surface area contributed by atoms with E-state index in [1.54, 1.807) is 0 Å². The molecule has 0 amide bonds. The summed E-state index contributed by atoms with van der Waals surface area (Å²) in [5, 5.41) is 14.3. The Balaban J connectivity index is 1.69. The van der Waals surface area contributed by atoms with Gasteiger partial charge in [0.25, 0.3) is 5.69 Å². The molecule has 0 aliphatic carbocycles. The second-order valence-corrected chi connectivity index (χ2v) is 5.55. The molecule has 2 unspecified atom stereocenters. The van der Waals surface area contributed by atoms with Gasteiger partial charge in [0, 0.05) is 36.8 Å². The van der Waals surface area contributed by atoms with Crippen molar-refractivity contribution >= 4 is 5.69 Å².